The van der Waals surface area contributed by atoms with Crippen LogP contribution in [0.3, 0.4) is 0 Å². The van der Waals surface area contributed by atoms with Crippen LogP contribution in [0, 0.1) is 12.8 Å². The standard InChI is InChI=1S/C21H32N2O4.ClH/c1-15(2)27-19-5-4-18(10-16(19)3)20(25)23-8-7-21(26-14-23)11-17(6-9-24)12-22-13-21;/h4-5,10,15,17,22,24H,6-9,11-14H2,1-3H3;1H. The van der Waals surface area contributed by atoms with E-state index in [2.05, 4.69) is 5.32 Å². The topological polar surface area (TPSA) is 71.0 Å². The Morgan fingerprint density at radius 2 is 2.25 bits per heavy atom. The first-order valence-electron chi connectivity index (χ1n) is 9.94. The zero-order valence-corrected chi connectivity index (χ0v) is 17.9. The van der Waals surface area contributed by atoms with E-state index in [1.165, 1.54) is 0 Å². The van der Waals surface area contributed by atoms with E-state index < -0.39 is 0 Å². The Labute approximate surface area is 174 Å². The summed E-state index contributed by atoms with van der Waals surface area (Å²) in [6.07, 6.45) is 2.67. The molecule has 2 saturated heterocycles. The fourth-order valence-electron chi connectivity index (χ4n) is 4.06. The van der Waals surface area contributed by atoms with Gasteiger partial charge in [-0.2, -0.15) is 0 Å². The molecule has 1 aromatic carbocycles. The van der Waals surface area contributed by atoms with Gasteiger partial charge < -0.3 is 24.8 Å². The predicted molar refractivity (Wildman–Crippen MR) is 111 cm³/mol. The number of carbonyl (C=O) groups is 1. The molecule has 1 aromatic rings. The molecule has 2 aliphatic rings. The number of benzene rings is 1. The van der Waals surface area contributed by atoms with E-state index >= 15 is 0 Å². The van der Waals surface area contributed by atoms with Gasteiger partial charge in [0.05, 0.1) is 11.7 Å². The van der Waals surface area contributed by atoms with Gasteiger partial charge in [0.25, 0.3) is 5.91 Å². The lowest BCUT2D eigenvalue weighted by atomic mass is 9.82. The molecular formula is C21H33ClN2O4. The molecule has 2 heterocycles. The summed E-state index contributed by atoms with van der Waals surface area (Å²) in [6, 6.07) is 5.60. The van der Waals surface area contributed by atoms with Gasteiger partial charge in [-0.15, -0.1) is 12.4 Å². The normalized spacial score (nSPS) is 24.9. The molecule has 2 unspecified atom stereocenters. The maximum atomic E-state index is 12.9. The Balaban J connectivity index is 0.00000280. The summed E-state index contributed by atoms with van der Waals surface area (Å²) >= 11 is 0. The van der Waals surface area contributed by atoms with Gasteiger partial charge in [0.1, 0.15) is 12.5 Å². The second-order valence-corrected chi connectivity index (χ2v) is 8.14. The van der Waals surface area contributed by atoms with Crippen molar-refractivity contribution in [3.05, 3.63) is 29.3 Å². The lowest BCUT2D eigenvalue weighted by Crippen LogP contribution is -2.57. The van der Waals surface area contributed by atoms with Crippen LogP contribution in [0.1, 0.15) is 49.0 Å². The number of rotatable bonds is 5. The molecule has 2 atom stereocenters. The molecule has 0 saturated carbocycles. The number of hydrogen-bond acceptors (Lipinski definition) is 5. The van der Waals surface area contributed by atoms with E-state index in [0.717, 1.165) is 43.7 Å². The highest BCUT2D eigenvalue weighted by Gasteiger charge is 2.41. The Bertz CT molecular complexity index is 658. The molecule has 2 fully saturated rings. The number of aliphatic hydroxyl groups is 1. The summed E-state index contributed by atoms with van der Waals surface area (Å²) in [4.78, 5) is 14.7. The second kappa shape index (κ2) is 9.92. The number of piperidine rings is 1. The summed E-state index contributed by atoms with van der Waals surface area (Å²) in [5.41, 5.74) is 1.43. The molecule has 2 N–H and O–H groups in total. The highest BCUT2D eigenvalue weighted by atomic mass is 35.5. The second-order valence-electron chi connectivity index (χ2n) is 8.14. The molecule has 28 heavy (non-hydrogen) atoms. The van der Waals surface area contributed by atoms with Crippen molar-refractivity contribution in [2.75, 3.05) is 33.0 Å². The molecule has 0 bridgehead atoms. The fraction of sp³-hybridized carbons (Fsp3) is 0.667. The van der Waals surface area contributed by atoms with Crippen molar-refractivity contribution in [2.24, 2.45) is 5.92 Å². The first kappa shape index (κ1) is 22.9. The number of aryl methyl sites for hydroxylation is 1. The van der Waals surface area contributed by atoms with E-state index in [1.54, 1.807) is 4.90 Å². The van der Waals surface area contributed by atoms with E-state index in [0.29, 0.717) is 24.8 Å². The number of aliphatic hydroxyl groups excluding tert-OH is 1. The van der Waals surface area contributed by atoms with Gasteiger partial charge in [-0.05, 0) is 76.3 Å². The van der Waals surface area contributed by atoms with E-state index in [-0.39, 0.29) is 36.6 Å². The van der Waals surface area contributed by atoms with Gasteiger partial charge in [-0.25, -0.2) is 0 Å². The van der Waals surface area contributed by atoms with Crippen molar-refractivity contribution in [1.82, 2.24) is 10.2 Å². The van der Waals surface area contributed by atoms with Gasteiger partial charge in [0.2, 0.25) is 0 Å². The van der Waals surface area contributed by atoms with Crippen molar-refractivity contribution in [3.63, 3.8) is 0 Å². The van der Waals surface area contributed by atoms with Crippen molar-refractivity contribution in [1.29, 1.82) is 0 Å². The van der Waals surface area contributed by atoms with Crippen LogP contribution in [-0.2, 0) is 4.74 Å². The lowest BCUT2D eigenvalue weighted by Gasteiger charge is -2.46. The maximum Gasteiger partial charge on any atom is 0.255 e. The number of ether oxygens (including phenoxy) is 2. The van der Waals surface area contributed by atoms with Crippen LogP contribution in [0.2, 0.25) is 0 Å². The summed E-state index contributed by atoms with van der Waals surface area (Å²) in [5.74, 6) is 1.25. The van der Waals surface area contributed by atoms with Crippen LogP contribution in [0.4, 0.5) is 0 Å². The number of amides is 1. The minimum atomic E-state index is -0.209. The zero-order valence-electron chi connectivity index (χ0n) is 17.1. The molecule has 0 radical (unpaired) electrons. The van der Waals surface area contributed by atoms with E-state index in [1.807, 2.05) is 39.0 Å². The summed E-state index contributed by atoms with van der Waals surface area (Å²) in [6.45, 7) is 8.91. The van der Waals surface area contributed by atoms with Crippen molar-refractivity contribution >= 4 is 18.3 Å². The van der Waals surface area contributed by atoms with Crippen molar-refractivity contribution in [3.8, 4) is 5.75 Å². The monoisotopic (exact) mass is 412 g/mol. The summed E-state index contributed by atoms with van der Waals surface area (Å²) < 4.78 is 11.9. The van der Waals surface area contributed by atoms with Gasteiger partial charge >= 0.3 is 0 Å². The van der Waals surface area contributed by atoms with Crippen LogP contribution >= 0.6 is 12.4 Å². The van der Waals surface area contributed by atoms with Crippen LogP contribution in [0.15, 0.2) is 18.2 Å². The van der Waals surface area contributed by atoms with Crippen LogP contribution in [-0.4, -0.2) is 60.6 Å². The quantitative estimate of drug-likeness (QED) is 0.778. The Hall–Kier alpha value is -1.34. The van der Waals surface area contributed by atoms with Gasteiger partial charge in [-0.1, -0.05) is 0 Å². The number of hydrogen-bond donors (Lipinski definition) is 2. The van der Waals surface area contributed by atoms with Crippen molar-refractivity contribution in [2.45, 2.75) is 51.7 Å². The SMILES string of the molecule is Cc1cc(C(=O)N2CCC3(CNCC(CCO)C3)OC2)ccc1OC(C)C.Cl. The highest BCUT2D eigenvalue weighted by Crippen LogP contribution is 2.33. The number of carbonyl (C=O) groups excluding carboxylic acids is 1. The smallest absolute Gasteiger partial charge is 0.255 e. The first-order valence-corrected chi connectivity index (χ1v) is 9.94. The molecular weight excluding hydrogens is 380 g/mol. The predicted octanol–water partition coefficient (Wildman–Crippen LogP) is 2.75. The lowest BCUT2D eigenvalue weighted by molar-refractivity contribution is -0.142. The summed E-state index contributed by atoms with van der Waals surface area (Å²) in [7, 11) is 0. The van der Waals surface area contributed by atoms with E-state index in [4.69, 9.17) is 9.47 Å². The zero-order chi connectivity index (χ0) is 19.4. The molecule has 3 rings (SSSR count). The molecule has 7 heteroatoms. The largest absolute Gasteiger partial charge is 0.491 e. The average molecular weight is 413 g/mol. The van der Waals surface area contributed by atoms with E-state index in [9.17, 15) is 9.90 Å². The molecule has 2 aliphatic heterocycles. The Morgan fingerprint density at radius 3 is 2.86 bits per heavy atom. The van der Waals surface area contributed by atoms with Crippen LogP contribution in [0.25, 0.3) is 0 Å². The molecule has 0 aromatic heterocycles. The third-order valence-corrected chi connectivity index (χ3v) is 5.51. The maximum absolute atomic E-state index is 12.9. The minimum Gasteiger partial charge on any atom is -0.491 e. The molecule has 158 valence electrons. The van der Waals surface area contributed by atoms with Crippen molar-refractivity contribution < 1.29 is 19.4 Å². The van der Waals surface area contributed by atoms with Gasteiger partial charge in [0.15, 0.2) is 0 Å². The molecule has 1 amide bonds. The number of nitrogens with one attached hydrogen (secondary N) is 1. The van der Waals surface area contributed by atoms with Crippen LogP contribution < -0.4 is 10.1 Å². The minimum absolute atomic E-state index is 0. The molecule has 0 aliphatic carbocycles. The fourth-order valence-corrected chi connectivity index (χ4v) is 4.06. The highest BCUT2D eigenvalue weighted by molar-refractivity contribution is 5.94. The Kier molecular flexibility index (Phi) is 8.13. The number of nitrogens with zero attached hydrogens (tertiary/aromatic N) is 1. The third-order valence-electron chi connectivity index (χ3n) is 5.51. The summed E-state index contributed by atoms with van der Waals surface area (Å²) in [5, 5.41) is 12.6. The average Bonchev–Trinajstić information content (AvgIpc) is 2.64. The molecule has 6 nitrogen and oxygen atoms in total. The third kappa shape index (κ3) is 5.38. The van der Waals surface area contributed by atoms with Crippen LogP contribution in [0.5, 0.6) is 5.75 Å². The number of halogens is 1. The van der Waals surface area contributed by atoms with Gasteiger partial charge in [-0.3, -0.25) is 4.79 Å². The first-order chi connectivity index (χ1) is 12.9. The van der Waals surface area contributed by atoms with Gasteiger partial charge in [0, 0.05) is 25.3 Å². The Morgan fingerprint density at radius 1 is 1.46 bits per heavy atom. The molecule has 1 spiro atoms.